The van der Waals surface area contributed by atoms with E-state index in [2.05, 4.69) is 6.07 Å². The van der Waals surface area contributed by atoms with Gasteiger partial charge in [0.05, 0.1) is 6.42 Å². The molecule has 1 radical (unpaired) electrons. The summed E-state index contributed by atoms with van der Waals surface area (Å²) in [5.41, 5.74) is 2.99. The van der Waals surface area contributed by atoms with Gasteiger partial charge in [-0.1, -0.05) is 24.3 Å². The van der Waals surface area contributed by atoms with Gasteiger partial charge in [-0.3, -0.25) is 4.79 Å². The molecule has 0 saturated carbocycles. The van der Waals surface area contributed by atoms with Crippen LogP contribution in [0.2, 0.25) is 0 Å². The van der Waals surface area contributed by atoms with Crippen LogP contribution in [0.1, 0.15) is 11.1 Å². The fourth-order valence-corrected chi connectivity index (χ4v) is 2.46. The highest BCUT2D eigenvalue weighted by molar-refractivity contribution is 5.96. The molecule has 2 aromatic rings. The Morgan fingerprint density at radius 1 is 1.37 bits per heavy atom. The Morgan fingerprint density at radius 3 is 3.11 bits per heavy atom. The molecule has 0 fully saturated rings. The first-order chi connectivity index (χ1) is 9.24. The van der Waals surface area contributed by atoms with Gasteiger partial charge in [0.25, 0.3) is 0 Å². The lowest BCUT2D eigenvalue weighted by Gasteiger charge is -2.17. The molecule has 0 saturated heterocycles. The Labute approximate surface area is 112 Å². The summed E-state index contributed by atoms with van der Waals surface area (Å²) in [6, 6.07) is 15.6. The van der Waals surface area contributed by atoms with Crippen LogP contribution < -0.4 is 4.90 Å². The average molecular weight is 252 g/mol. The van der Waals surface area contributed by atoms with Crippen molar-refractivity contribution in [2.24, 2.45) is 0 Å². The third-order valence-electron chi connectivity index (χ3n) is 3.39. The number of hydrogen-bond acceptors (Lipinski definition) is 2. The number of phenolic OH excluding ortho intramolecular Hbond substituents is 1. The first-order valence-electron chi connectivity index (χ1n) is 6.31. The number of carbonyl (C=O) groups excluding carboxylic acids is 1. The van der Waals surface area contributed by atoms with Gasteiger partial charge in [0, 0.05) is 12.2 Å². The first kappa shape index (κ1) is 11.8. The molecule has 0 bridgehead atoms. The number of hydrogen-bond donors (Lipinski definition) is 1. The maximum Gasteiger partial charge on any atom is 0.231 e. The predicted octanol–water partition coefficient (Wildman–Crippen LogP) is 2.32. The summed E-state index contributed by atoms with van der Waals surface area (Å²) in [4.78, 5) is 14.1. The highest BCUT2D eigenvalue weighted by atomic mass is 16.3. The van der Waals surface area contributed by atoms with E-state index in [-0.39, 0.29) is 11.7 Å². The van der Waals surface area contributed by atoms with Gasteiger partial charge in [0.1, 0.15) is 5.75 Å². The number of amides is 1. The van der Waals surface area contributed by atoms with Crippen molar-refractivity contribution in [2.45, 2.75) is 12.8 Å². The van der Waals surface area contributed by atoms with Crippen LogP contribution in [0.15, 0.2) is 42.5 Å². The zero-order chi connectivity index (χ0) is 13.2. The number of anilines is 1. The monoisotopic (exact) mass is 252 g/mol. The molecular formula is C16H14NO2. The largest absolute Gasteiger partial charge is 0.508 e. The van der Waals surface area contributed by atoms with Crippen LogP contribution >= 0.6 is 0 Å². The van der Waals surface area contributed by atoms with Crippen molar-refractivity contribution < 1.29 is 9.90 Å². The Morgan fingerprint density at radius 2 is 2.26 bits per heavy atom. The molecule has 1 amide bonds. The van der Waals surface area contributed by atoms with Crippen LogP contribution in [0.3, 0.4) is 0 Å². The minimum atomic E-state index is 0.0592. The number of phenols is 1. The SMILES string of the molecule is O=C(Cc1cccc(O)c1)N1CCc2cc[c]cc21. The van der Waals surface area contributed by atoms with Crippen LogP contribution in [-0.2, 0) is 17.6 Å². The molecule has 3 heteroatoms. The third-order valence-corrected chi connectivity index (χ3v) is 3.39. The van der Waals surface area contributed by atoms with Crippen molar-refractivity contribution in [3.8, 4) is 5.75 Å². The number of fused-ring (bicyclic) bond motifs is 1. The number of nitrogens with zero attached hydrogens (tertiary/aromatic N) is 1. The van der Waals surface area contributed by atoms with Gasteiger partial charge in [-0.05, 0) is 41.8 Å². The second-order valence-corrected chi connectivity index (χ2v) is 4.70. The van der Waals surface area contributed by atoms with Crippen molar-refractivity contribution in [2.75, 3.05) is 11.4 Å². The summed E-state index contributed by atoms with van der Waals surface area (Å²) < 4.78 is 0. The fourth-order valence-electron chi connectivity index (χ4n) is 2.46. The van der Waals surface area contributed by atoms with E-state index >= 15 is 0 Å². The lowest BCUT2D eigenvalue weighted by atomic mass is 10.1. The van der Waals surface area contributed by atoms with Crippen LogP contribution in [-0.4, -0.2) is 17.6 Å². The van der Waals surface area contributed by atoms with Crippen LogP contribution in [0.4, 0.5) is 5.69 Å². The summed E-state index contributed by atoms with van der Waals surface area (Å²) in [6.07, 6.45) is 1.21. The maximum absolute atomic E-state index is 12.3. The van der Waals surface area contributed by atoms with E-state index in [4.69, 9.17) is 0 Å². The molecule has 95 valence electrons. The Bertz CT molecular complexity index is 622. The quantitative estimate of drug-likeness (QED) is 0.891. The third kappa shape index (κ3) is 2.32. The molecule has 1 aliphatic heterocycles. The van der Waals surface area contributed by atoms with Crippen LogP contribution in [0.25, 0.3) is 0 Å². The van der Waals surface area contributed by atoms with Gasteiger partial charge in [-0.15, -0.1) is 0 Å². The van der Waals surface area contributed by atoms with E-state index in [0.717, 1.165) is 24.2 Å². The summed E-state index contributed by atoms with van der Waals surface area (Å²) in [7, 11) is 0. The molecule has 0 unspecified atom stereocenters. The topological polar surface area (TPSA) is 40.5 Å². The first-order valence-corrected chi connectivity index (χ1v) is 6.31. The zero-order valence-corrected chi connectivity index (χ0v) is 10.5. The molecular weight excluding hydrogens is 238 g/mol. The normalized spacial score (nSPS) is 13.4. The van der Waals surface area contributed by atoms with Crippen LogP contribution in [0.5, 0.6) is 5.75 Å². The highest BCUT2D eigenvalue weighted by Gasteiger charge is 2.23. The minimum Gasteiger partial charge on any atom is -0.508 e. The van der Waals surface area contributed by atoms with Crippen molar-refractivity contribution in [1.82, 2.24) is 0 Å². The van der Waals surface area contributed by atoms with Crippen molar-refractivity contribution in [3.63, 3.8) is 0 Å². The number of carbonyl (C=O) groups is 1. The predicted molar refractivity (Wildman–Crippen MR) is 73.1 cm³/mol. The lowest BCUT2D eigenvalue weighted by Crippen LogP contribution is -2.30. The fraction of sp³-hybridized carbons (Fsp3) is 0.188. The maximum atomic E-state index is 12.3. The molecule has 0 aliphatic carbocycles. The Balaban J connectivity index is 1.79. The molecule has 2 aromatic carbocycles. The summed E-state index contributed by atoms with van der Waals surface area (Å²) in [5, 5.41) is 9.42. The molecule has 1 N–H and O–H groups in total. The zero-order valence-electron chi connectivity index (χ0n) is 10.5. The molecule has 3 nitrogen and oxygen atoms in total. The van der Waals surface area contributed by atoms with E-state index in [1.165, 1.54) is 5.56 Å². The van der Waals surface area contributed by atoms with Crippen molar-refractivity contribution in [3.05, 3.63) is 59.7 Å². The van der Waals surface area contributed by atoms with Crippen molar-refractivity contribution >= 4 is 11.6 Å². The summed E-state index contributed by atoms with van der Waals surface area (Å²) >= 11 is 0. The standard InChI is InChI=1S/C16H14NO2/c18-14-6-3-4-12(10-14)11-16(19)17-9-8-13-5-1-2-7-15(13)17/h1,3-7,10,18H,8-9,11H2. The van der Waals surface area contributed by atoms with E-state index in [1.807, 2.05) is 24.3 Å². The highest BCUT2D eigenvalue weighted by Crippen LogP contribution is 2.27. The van der Waals surface area contributed by atoms with Crippen LogP contribution in [0, 0.1) is 6.07 Å². The molecule has 0 atom stereocenters. The molecule has 0 aromatic heterocycles. The second-order valence-electron chi connectivity index (χ2n) is 4.70. The molecule has 1 aliphatic rings. The van der Waals surface area contributed by atoms with E-state index < -0.39 is 0 Å². The molecule has 0 spiro atoms. The minimum absolute atomic E-state index is 0.0592. The number of benzene rings is 2. The molecule has 3 rings (SSSR count). The van der Waals surface area contributed by atoms with Gasteiger partial charge < -0.3 is 10.0 Å². The Kier molecular flexibility index (Phi) is 2.95. The second kappa shape index (κ2) is 4.76. The van der Waals surface area contributed by atoms with Gasteiger partial charge >= 0.3 is 0 Å². The smallest absolute Gasteiger partial charge is 0.231 e. The number of rotatable bonds is 2. The summed E-state index contributed by atoms with van der Waals surface area (Å²) in [5.74, 6) is 0.254. The van der Waals surface area contributed by atoms with Gasteiger partial charge in [-0.25, -0.2) is 0 Å². The Hall–Kier alpha value is -2.29. The van der Waals surface area contributed by atoms with Crippen molar-refractivity contribution in [1.29, 1.82) is 0 Å². The van der Waals surface area contributed by atoms with Gasteiger partial charge in [-0.2, -0.15) is 0 Å². The van der Waals surface area contributed by atoms with Gasteiger partial charge in [0.15, 0.2) is 0 Å². The summed E-state index contributed by atoms with van der Waals surface area (Å²) in [6.45, 7) is 0.727. The average Bonchev–Trinajstić information content (AvgIpc) is 2.82. The number of aromatic hydroxyl groups is 1. The van der Waals surface area contributed by atoms with E-state index in [1.54, 1.807) is 23.1 Å². The van der Waals surface area contributed by atoms with E-state index in [0.29, 0.717) is 6.42 Å². The molecule has 19 heavy (non-hydrogen) atoms. The van der Waals surface area contributed by atoms with E-state index in [9.17, 15) is 9.90 Å². The van der Waals surface area contributed by atoms with Gasteiger partial charge in [0.2, 0.25) is 5.91 Å². The lowest BCUT2D eigenvalue weighted by molar-refractivity contribution is -0.117. The molecule has 1 heterocycles.